The molecule has 1 rings (SSSR count). The minimum Gasteiger partial charge on any atom is -0.493 e. The third kappa shape index (κ3) is 2.57. The summed E-state index contributed by atoms with van der Waals surface area (Å²) in [6.45, 7) is 0. The first kappa shape index (κ1) is 11.7. The fourth-order valence-electron chi connectivity index (χ4n) is 1.33. The number of rotatable bonds is 4. The van der Waals surface area contributed by atoms with E-state index in [0.717, 1.165) is 16.2 Å². The summed E-state index contributed by atoms with van der Waals surface area (Å²) in [5.74, 6) is 1.40. The molecule has 4 heteroatoms. The van der Waals surface area contributed by atoms with Crippen molar-refractivity contribution in [3.8, 4) is 17.6 Å². The van der Waals surface area contributed by atoms with Gasteiger partial charge in [0, 0.05) is 0 Å². The molecule has 0 unspecified atom stereocenters. The van der Waals surface area contributed by atoms with Crippen LogP contribution in [0.25, 0.3) is 0 Å². The molecular formula is C11H13NO2S. The lowest BCUT2D eigenvalue weighted by Gasteiger charge is -2.12. The zero-order valence-electron chi connectivity index (χ0n) is 9.03. The van der Waals surface area contributed by atoms with Gasteiger partial charge in [-0.15, -0.1) is 11.8 Å². The van der Waals surface area contributed by atoms with Gasteiger partial charge in [-0.1, -0.05) is 0 Å². The Balaban J connectivity index is 3.24. The molecule has 0 atom stereocenters. The van der Waals surface area contributed by atoms with Crippen molar-refractivity contribution in [3.63, 3.8) is 0 Å². The van der Waals surface area contributed by atoms with Crippen LogP contribution in [0.4, 0.5) is 0 Å². The predicted octanol–water partition coefficient (Wildman–Crippen LogP) is 2.49. The molecule has 0 spiro atoms. The lowest BCUT2D eigenvalue weighted by molar-refractivity contribution is 0.347. The quantitative estimate of drug-likeness (QED) is 0.735. The van der Waals surface area contributed by atoms with Gasteiger partial charge in [-0.3, -0.25) is 0 Å². The number of hydrogen-bond donors (Lipinski definition) is 0. The SMILES string of the molecule is COc1cc(CC#N)cc(SC)c1OC. The molecule has 0 bridgehead atoms. The van der Waals surface area contributed by atoms with Crippen molar-refractivity contribution in [2.45, 2.75) is 11.3 Å². The van der Waals surface area contributed by atoms with Gasteiger partial charge < -0.3 is 9.47 Å². The maximum Gasteiger partial charge on any atom is 0.174 e. The normalized spacial score (nSPS) is 9.47. The van der Waals surface area contributed by atoms with Crippen LogP contribution in [-0.2, 0) is 6.42 Å². The molecule has 0 aliphatic rings. The van der Waals surface area contributed by atoms with Crippen LogP contribution in [-0.4, -0.2) is 20.5 Å². The monoisotopic (exact) mass is 223 g/mol. The predicted molar refractivity (Wildman–Crippen MR) is 60.6 cm³/mol. The second-order valence-corrected chi connectivity index (χ2v) is 3.72. The molecule has 0 N–H and O–H groups in total. The standard InChI is InChI=1S/C11H13NO2S/c1-13-9-6-8(4-5-12)7-10(15-3)11(9)14-2/h6-7H,4H2,1-3H3. The topological polar surface area (TPSA) is 42.2 Å². The van der Waals surface area contributed by atoms with E-state index in [1.807, 2.05) is 18.4 Å². The lowest BCUT2D eigenvalue weighted by Crippen LogP contribution is -1.94. The summed E-state index contributed by atoms with van der Waals surface area (Å²) < 4.78 is 10.5. The number of thioether (sulfide) groups is 1. The Kier molecular flexibility index (Phi) is 4.32. The summed E-state index contributed by atoms with van der Waals surface area (Å²) in [4.78, 5) is 0.988. The van der Waals surface area contributed by atoms with Gasteiger partial charge in [0.05, 0.1) is 31.6 Å². The third-order valence-electron chi connectivity index (χ3n) is 2.01. The maximum absolute atomic E-state index is 8.64. The molecule has 1 aromatic carbocycles. The second kappa shape index (κ2) is 5.52. The molecule has 0 heterocycles. The highest BCUT2D eigenvalue weighted by atomic mass is 32.2. The summed E-state index contributed by atoms with van der Waals surface area (Å²) in [5.41, 5.74) is 0.944. The largest absolute Gasteiger partial charge is 0.493 e. The number of nitriles is 1. The molecular weight excluding hydrogens is 210 g/mol. The van der Waals surface area contributed by atoms with Crippen molar-refractivity contribution in [3.05, 3.63) is 17.7 Å². The molecule has 0 fully saturated rings. The third-order valence-corrected chi connectivity index (χ3v) is 2.75. The van der Waals surface area contributed by atoms with Gasteiger partial charge in [-0.25, -0.2) is 0 Å². The molecule has 1 aromatic rings. The minimum absolute atomic E-state index is 0.383. The Morgan fingerprint density at radius 3 is 2.53 bits per heavy atom. The van der Waals surface area contributed by atoms with Crippen molar-refractivity contribution < 1.29 is 9.47 Å². The first-order valence-corrected chi connectivity index (χ1v) is 5.65. The molecule has 0 saturated carbocycles. The fourth-order valence-corrected chi connectivity index (χ4v) is 1.97. The van der Waals surface area contributed by atoms with Crippen molar-refractivity contribution >= 4 is 11.8 Å². The van der Waals surface area contributed by atoms with Gasteiger partial charge in [0.25, 0.3) is 0 Å². The Labute approximate surface area is 94.0 Å². The van der Waals surface area contributed by atoms with Gasteiger partial charge in [0.15, 0.2) is 11.5 Å². The summed E-state index contributed by atoms with van der Waals surface area (Å²) >= 11 is 1.58. The molecule has 0 aliphatic heterocycles. The zero-order chi connectivity index (χ0) is 11.3. The van der Waals surface area contributed by atoms with E-state index < -0.39 is 0 Å². The van der Waals surface area contributed by atoms with Gasteiger partial charge in [0.1, 0.15) is 0 Å². The van der Waals surface area contributed by atoms with Crippen LogP contribution in [0.2, 0.25) is 0 Å². The number of nitrogens with zero attached hydrogens (tertiary/aromatic N) is 1. The van der Waals surface area contributed by atoms with Crippen LogP contribution >= 0.6 is 11.8 Å². The van der Waals surface area contributed by atoms with Crippen molar-refractivity contribution in [1.29, 1.82) is 5.26 Å². The van der Waals surface area contributed by atoms with E-state index in [4.69, 9.17) is 14.7 Å². The van der Waals surface area contributed by atoms with E-state index in [1.165, 1.54) is 0 Å². The Hall–Kier alpha value is -1.34. The van der Waals surface area contributed by atoms with E-state index in [1.54, 1.807) is 26.0 Å². The lowest BCUT2D eigenvalue weighted by atomic mass is 10.1. The van der Waals surface area contributed by atoms with Crippen molar-refractivity contribution in [2.75, 3.05) is 20.5 Å². The Bertz CT molecular complexity index is 360. The molecule has 0 aliphatic carbocycles. The van der Waals surface area contributed by atoms with Gasteiger partial charge in [-0.2, -0.15) is 5.26 Å². The molecule has 0 amide bonds. The molecule has 0 saturated heterocycles. The van der Waals surface area contributed by atoms with Crippen molar-refractivity contribution in [2.24, 2.45) is 0 Å². The maximum atomic E-state index is 8.64. The number of benzene rings is 1. The fraction of sp³-hybridized carbons (Fsp3) is 0.364. The first-order chi connectivity index (χ1) is 7.26. The van der Waals surface area contributed by atoms with E-state index in [9.17, 15) is 0 Å². The first-order valence-electron chi connectivity index (χ1n) is 4.42. The Morgan fingerprint density at radius 1 is 1.33 bits per heavy atom. The molecule has 3 nitrogen and oxygen atoms in total. The van der Waals surface area contributed by atoms with Crippen LogP contribution < -0.4 is 9.47 Å². The summed E-state index contributed by atoms with van der Waals surface area (Å²) in [7, 11) is 3.21. The van der Waals surface area contributed by atoms with Crippen LogP contribution in [0.3, 0.4) is 0 Å². The number of methoxy groups -OCH3 is 2. The van der Waals surface area contributed by atoms with Crippen LogP contribution in [0, 0.1) is 11.3 Å². The van der Waals surface area contributed by atoms with Gasteiger partial charge in [-0.05, 0) is 24.0 Å². The smallest absolute Gasteiger partial charge is 0.174 e. The van der Waals surface area contributed by atoms with E-state index in [2.05, 4.69) is 6.07 Å². The highest BCUT2D eigenvalue weighted by Crippen LogP contribution is 2.37. The van der Waals surface area contributed by atoms with Crippen LogP contribution in [0.1, 0.15) is 5.56 Å². The molecule has 0 aromatic heterocycles. The summed E-state index contributed by atoms with van der Waals surface area (Å²) in [6, 6.07) is 5.91. The van der Waals surface area contributed by atoms with Gasteiger partial charge >= 0.3 is 0 Å². The van der Waals surface area contributed by atoms with E-state index in [0.29, 0.717) is 12.2 Å². The summed E-state index contributed by atoms with van der Waals surface area (Å²) in [6.07, 6.45) is 2.35. The zero-order valence-corrected chi connectivity index (χ0v) is 9.85. The average Bonchev–Trinajstić information content (AvgIpc) is 2.28. The number of hydrogen-bond acceptors (Lipinski definition) is 4. The number of ether oxygens (including phenoxy) is 2. The van der Waals surface area contributed by atoms with E-state index >= 15 is 0 Å². The van der Waals surface area contributed by atoms with Crippen molar-refractivity contribution in [1.82, 2.24) is 0 Å². The second-order valence-electron chi connectivity index (χ2n) is 2.87. The van der Waals surface area contributed by atoms with Crippen LogP contribution in [0.15, 0.2) is 17.0 Å². The van der Waals surface area contributed by atoms with Gasteiger partial charge in [0.2, 0.25) is 0 Å². The summed E-state index contributed by atoms with van der Waals surface area (Å²) in [5, 5.41) is 8.64. The average molecular weight is 223 g/mol. The highest BCUT2D eigenvalue weighted by Gasteiger charge is 2.11. The molecule has 0 radical (unpaired) electrons. The highest BCUT2D eigenvalue weighted by molar-refractivity contribution is 7.98. The molecule has 15 heavy (non-hydrogen) atoms. The minimum atomic E-state index is 0.383. The van der Waals surface area contributed by atoms with Crippen LogP contribution in [0.5, 0.6) is 11.5 Å². The van der Waals surface area contributed by atoms with E-state index in [-0.39, 0.29) is 0 Å². The Morgan fingerprint density at radius 2 is 2.07 bits per heavy atom. The molecule has 80 valence electrons.